The number of hydrogen-bond acceptors (Lipinski definition) is 4. The van der Waals surface area contributed by atoms with E-state index in [1.165, 1.54) is 115 Å². The summed E-state index contributed by atoms with van der Waals surface area (Å²) in [5.74, 6) is 0. The van der Waals surface area contributed by atoms with Crippen LogP contribution < -0.4 is 5.46 Å². The Morgan fingerprint density at radius 3 is 0.898 bits per heavy atom. The second-order valence-electron chi connectivity index (χ2n) is 25.3. The van der Waals surface area contributed by atoms with Gasteiger partial charge < -0.3 is 18.9 Å². The Bertz CT molecular complexity index is 6430. The molecule has 460 valence electrons. The van der Waals surface area contributed by atoms with Crippen LogP contribution in [0.5, 0.6) is 0 Å². The first-order valence-corrected chi connectivity index (χ1v) is 33.9. The first-order valence-electron chi connectivity index (χ1n) is 33.1. The van der Waals surface area contributed by atoms with E-state index in [0.29, 0.717) is 5.46 Å². The van der Waals surface area contributed by atoms with Crippen molar-refractivity contribution in [2.24, 2.45) is 0 Å². The molecule has 0 spiro atoms. The summed E-state index contributed by atoms with van der Waals surface area (Å²) in [5.41, 5.74) is 16.2. The molecule has 2 aromatic heterocycles. The largest absolute Gasteiger partial charge is 0.489 e. The van der Waals surface area contributed by atoms with Gasteiger partial charge in [-0.15, -0.1) is 0 Å². The van der Waals surface area contributed by atoms with E-state index in [1.807, 2.05) is 54.6 Å². The summed E-state index contributed by atoms with van der Waals surface area (Å²) in [5, 5.41) is 43.6. The minimum atomic E-state index is -1.54. The highest BCUT2D eigenvalue weighted by Gasteiger charge is 2.23. The molecule has 2 N–H and O–H groups in total. The third-order valence-electron chi connectivity index (χ3n) is 19.6. The van der Waals surface area contributed by atoms with Crippen LogP contribution in [0.2, 0.25) is 0 Å². The molecule has 18 aromatic carbocycles. The van der Waals surface area contributed by atoms with Crippen LogP contribution >= 0.6 is 15.9 Å². The second-order valence-corrected chi connectivity index (χ2v) is 26.2. The van der Waals surface area contributed by atoms with Gasteiger partial charge in [-0.2, -0.15) is 0 Å². The van der Waals surface area contributed by atoms with Crippen molar-refractivity contribution in [2.45, 2.75) is 0 Å². The van der Waals surface area contributed by atoms with Gasteiger partial charge in [-0.1, -0.05) is 289 Å². The number of fused-ring (bicyclic) bond motifs is 14. The van der Waals surface area contributed by atoms with Gasteiger partial charge in [0.05, 0.1) is 0 Å². The lowest BCUT2D eigenvalue weighted by atomic mass is 9.72. The summed E-state index contributed by atoms with van der Waals surface area (Å²) in [4.78, 5) is 0. The van der Waals surface area contributed by atoms with E-state index >= 15 is 0 Å². The molecule has 0 saturated heterocycles. The average molecular weight is 1320 g/mol. The molecule has 0 aliphatic heterocycles. The van der Waals surface area contributed by atoms with Crippen molar-refractivity contribution in [3.05, 3.63) is 344 Å². The van der Waals surface area contributed by atoms with Crippen molar-refractivity contribution in [3.63, 3.8) is 0 Å². The van der Waals surface area contributed by atoms with E-state index in [-0.39, 0.29) is 0 Å². The minimum absolute atomic E-state index is 0.553. The van der Waals surface area contributed by atoms with E-state index < -0.39 is 7.12 Å². The third kappa shape index (κ3) is 10.4. The highest BCUT2D eigenvalue weighted by atomic mass is 79.9. The van der Waals surface area contributed by atoms with Crippen LogP contribution in [0.1, 0.15) is 0 Å². The van der Waals surface area contributed by atoms with Gasteiger partial charge in [0.15, 0.2) is 0 Å². The van der Waals surface area contributed by atoms with Crippen molar-refractivity contribution < 1.29 is 18.9 Å². The van der Waals surface area contributed by atoms with Crippen LogP contribution in [0.25, 0.3) is 186 Å². The number of furan rings is 2. The monoisotopic (exact) mass is 1320 g/mol. The molecule has 0 aliphatic carbocycles. The van der Waals surface area contributed by atoms with Gasteiger partial charge in [0.25, 0.3) is 0 Å². The van der Waals surface area contributed by atoms with Gasteiger partial charge in [0, 0.05) is 26.0 Å². The zero-order chi connectivity index (χ0) is 65.4. The molecule has 0 fully saturated rings. The Labute approximate surface area is 573 Å². The van der Waals surface area contributed by atoms with Crippen molar-refractivity contribution in [1.82, 2.24) is 0 Å². The summed E-state index contributed by atoms with van der Waals surface area (Å²) < 4.78 is 13.3. The predicted octanol–water partition coefficient (Wildman–Crippen LogP) is 24.9. The molecule has 0 radical (unpaired) electrons. The number of rotatable bonds is 6. The van der Waals surface area contributed by atoms with Gasteiger partial charge >= 0.3 is 7.12 Å². The molecule has 0 bridgehead atoms. The first kappa shape index (κ1) is 58.7. The second kappa shape index (κ2) is 24.4. The fourth-order valence-electron chi connectivity index (χ4n) is 15.0. The van der Waals surface area contributed by atoms with Crippen LogP contribution in [0.3, 0.4) is 0 Å². The summed E-state index contributed by atoms with van der Waals surface area (Å²) in [6.07, 6.45) is 0. The van der Waals surface area contributed by atoms with Crippen molar-refractivity contribution in [2.75, 3.05) is 0 Å². The Morgan fingerprint density at radius 2 is 0.490 bits per heavy atom. The Hall–Kier alpha value is -11.9. The number of benzene rings is 18. The zero-order valence-electron chi connectivity index (χ0n) is 53.0. The molecular formula is C92H58BBrO4. The van der Waals surface area contributed by atoms with Gasteiger partial charge in [0.1, 0.15) is 22.3 Å². The lowest BCUT2D eigenvalue weighted by Gasteiger charge is -2.18. The average Bonchev–Trinajstić information content (AvgIpc) is 0.888. The van der Waals surface area contributed by atoms with Crippen LogP contribution in [-0.2, 0) is 0 Å². The molecule has 0 saturated carbocycles. The fraction of sp³-hybridized carbons (Fsp3) is 0. The minimum Gasteiger partial charge on any atom is -0.456 e. The van der Waals surface area contributed by atoms with E-state index in [1.54, 1.807) is 0 Å². The van der Waals surface area contributed by atoms with Crippen LogP contribution in [0.4, 0.5) is 0 Å². The quantitative estimate of drug-likeness (QED) is 0.129. The van der Waals surface area contributed by atoms with Gasteiger partial charge in [-0.25, -0.2) is 0 Å². The maximum Gasteiger partial charge on any atom is 0.489 e. The van der Waals surface area contributed by atoms with Crippen LogP contribution in [0.15, 0.2) is 353 Å². The maximum atomic E-state index is 10.2. The number of halogens is 1. The van der Waals surface area contributed by atoms with Gasteiger partial charge in [0.2, 0.25) is 0 Å². The van der Waals surface area contributed by atoms with E-state index in [2.05, 4.69) is 301 Å². The lowest BCUT2D eigenvalue weighted by Crippen LogP contribution is -2.31. The van der Waals surface area contributed by atoms with Crippen molar-refractivity contribution in [3.8, 4) is 55.6 Å². The van der Waals surface area contributed by atoms with Crippen molar-refractivity contribution in [1.29, 1.82) is 0 Å². The molecule has 98 heavy (non-hydrogen) atoms. The molecular weight excluding hydrogens is 1260 g/mol. The van der Waals surface area contributed by atoms with Crippen molar-refractivity contribution >= 4 is 159 Å². The lowest BCUT2D eigenvalue weighted by molar-refractivity contribution is 0.426. The Kier molecular flexibility index (Phi) is 14.6. The molecule has 0 aliphatic rings. The summed E-state index contributed by atoms with van der Waals surface area (Å²) >= 11 is 3.51. The maximum absolute atomic E-state index is 10.2. The third-order valence-corrected chi connectivity index (χ3v) is 20.1. The molecule has 0 atom stereocenters. The smallest absolute Gasteiger partial charge is 0.456 e. The summed E-state index contributed by atoms with van der Waals surface area (Å²) in [6, 6.07) is 120. The van der Waals surface area contributed by atoms with Crippen LogP contribution in [-0.4, -0.2) is 17.2 Å². The summed E-state index contributed by atoms with van der Waals surface area (Å²) in [6.45, 7) is 0. The Morgan fingerprint density at radius 1 is 0.204 bits per heavy atom. The fourth-order valence-corrected chi connectivity index (χ4v) is 15.3. The summed E-state index contributed by atoms with van der Waals surface area (Å²) in [7, 11) is -1.54. The number of hydrogen-bond donors (Lipinski definition) is 2. The molecule has 6 heteroatoms. The molecule has 20 aromatic rings. The molecule has 4 nitrogen and oxygen atoms in total. The normalized spacial score (nSPS) is 11.6. The SMILES string of the molecule is Brc1ccc2oc3cc4ccccc4cc3c2c1.OB(O)c1c2ccccc2c(-c2ccc(-c3ccc4ccccc4c3)cc2)c2ccccc12.c1ccc2cc(-c3ccc(-c4c5ccccc5c(-c5ccc6oc7cc8ccccc8cc7c6c5)c5ccccc45)cc3)ccc2c1. The predicted molar refractivity (Wildman–Crippen MR) is 419 cm³/mol. The van der Waals surface area contributed by atoms with E-state index in [9.17, 15) is 10.0 Å². The zero-order valence-corrected chi connectivity index (χ0v) is 54.6. The van der Waals surface area contributed by atoms with Gasteiger partial charge in [-0.05, 0) is 214 Å². The van der Waals surface area contributed by atoms with Gasteiger partial charge in [-0.3, -0.25) is 0 Å². The first-order chi connectivity index (χ1) is 48.3. The van der Waals surface area contributed by atoms with Crippen LogP contribution in [0, 0.1) is 0 Å². The Balaban J connectivity index is 0.000000118. The molecule has 0 unspecified atom stereocenters. The standard InChI is InChI=1S/C46H28O.C30H21BO2.C16H9BrO/c1-2-10-32-25-35(22-19-29(32)9-1)30-17-20-31(21-18-30)45-37-13-5-7-15-39(37)46(40-16-8-6-14-38(40)45)36-23-24-43-41(27-36)42-26-33-11-3-4-12-34(33)28-44(42)47-43;32-31(33)30-27-11-5-3-9-25(27)29(26-10-4-6-12-28(26)30)22-16-13-21(14-17-22)24-18-15-20-7-1-2-8-23(20)19-24;17-12-5-6-15-14(9-12)13-7-10-3-1-2-4-11(10)8-16(13)18-15/h1-28H;1-19,32-33H;1-9H. The topological polar surface area (TPSA) is 66.7 Å². The van der Waals surface area contributed by atoms with E-state index in [4.69, 9.17) is 8.83 Å². The molecule has 20 rings (SSSR count). The molecule has 0 amide bonds. The highest BCUT2D eigenvalue weighted by molar-refractivity contribution is 9.10. The molecule has 2 heterocycles. The highest BCUT2D eigenvalue weighted by Crippen LogP contribution is 2.46. The van der Waals surface area contributed by atoms with E-state index in [0.717, 1.165) is 75.6 Å².